The van der Waals surface area contributed by atoms with E-state index in [9.17, 15) is 0 Å². The zero-order valence-electron chi connectivity index (χ0n) is 5.82. The molecule has 3 unspecified atom stereocenters. The van der Waals surface area contributed by atoms with Gasteiger partial charge in [0, 0.05) is 13.0 Å². The molecular formula is C7H12O3. The molecule has 0 amide bonds. The first-order valence-corrected chi connectivity index (χ1v) is 3.78. The first kappa shape index (κ1) is 6.58. The van der Waals surface area contributed by atoms with E-state index in [1.807, 2.05) is 0 Å². The standard InChI is InChI=1S/C7H12O3/c8-4-5-3-7-6(10-5)1-2-9-7/h5-8H,1-4H2. The van der Waals surface area contributed by atoms with Gasteiger partial charge in [0.25, 0.3) is 0 Å². The molecule has 2 fully saturated rings. The zero-order valence-corrected chi connectivity index (χ0v) is 5.82. The Morgan fingerprint density at radius 1 is 1.40 bits per heavy atom. The summed E-state index contributed by atoms with van der Waals surface area (Å²) < 4.78 is 10.8. The molecule has 0 spiro atoms. The lowest BCUT2D eigenvalue weighted by atomic mass is 10.1. The summed E-state index contributed by atoms with van der Waals surface area (Å²) in [6.07, 6.45) is 2.46. The van der Waals surface area contributed by atoms with Crippen molar-refractivity contribution in [3.63, 3.8) is 0 Å². The zero-order chi connectivity index (χ0) is 6.97. The van der Waals surface area contributed by atoms with Gasteiger partial charge in [-0.05, 0) is 6.42 Å². The Morgan fingerprint density at radius 3 is 3.00 bits per heavy atom. The average Bonchev–Trinajstić information content (AvgIpc) is 2.42. The molecule has 0 saturated carbocycles. The van der Waals surface area contributed by atoms with Crippen LogP contribution < -0.4 is 0 Å². The van der Waals surface area contributed by atoms with E-state index >= 15 is 0 Å². The van der Waals surface area contributed by atoms with Crippen molar-refractivity contribution in [3.05, 3.63) is 0 Å². The van der Waals surface area contributed by atoms with E-state index in [0.717, 1.165) is 19.4 Å². The van der Waals surface area contributed by atoms with Crippen molar-refractivity contribution in [1.82, 2.24) is 0 Å². The van der Waals surface area contributed by atoms with Crippen LogP contribution in [0, 0.1) is 0 Å². The molecule has 2 rings (SSSR count). The molecule has 0 aliphatic carbocycles. The lowest BCUT2D eigenvalue weighted by Crippen LogP contribution is -2.14. The Morgan fingerprint density at radius 2 is 2.30 bits per heavy atom. The normalized spacial score (nSPS) is 45.9. The van der Waals surface area contributed by atoms with Crippen LogP contribution in [0.4, 0.5) is 0 Å². The molecule has 10 heavy (non-hydrogen) atoms. The van der Waals surface area contributed by atoms with Crippen molar-refractivity contribution in [1.29, 1.82) is 0 Å². The van der Waals surface area contributed by atoms with Gasteiger partial charge in [0.2, 0.25) is 0 Å². The molecule has 1 N–H and O–H groups in total. The third kappa shape index (κ3) is 0.944. The maximum Gasteiger partial charge on any atom is 0.0864 e. The smallest absolute Gasteiger partial charge is 0.0864 e. The predicted molar refractivity (Wildman–Crippen MR) is 34.7 cm³/mol. The van der Waals surface area contributed by atoms with Crippen molar-refractivity contribution < 1.29 is 14.6 Å². The van der Waals surface area contributed by atoms with Crippen molar-refractivity contribution in [3.8, 4) is 0 Å². The van der Waals surface area contributed by atoms with E-state index in [-0.39, 0.29) is 24.9 Å². The summed E-state index contributed by atoms with van der Waals surface area (Å²) in [7, 11) is 0. The fourth-order valence-electron chi connectivity index (χ4n) is 1.68. The van der Waals surface area contributed by atoms with Gasteiger partial charge in [-0.2, -0.15) is 0 Å². The molecule has 2 aliphatic heterocycles. The van der Waals surface area contributed by atoms with E-state index in [0.29, 0.717) is 0 Å². The van der Waals surface area contributed by atoms with Crippen molar-refractivity contribution >= 4 is 0 Å². The summed E-state index contributed by atoms with van der Waals surface area (Å²) in [5.41, 5.74) is 0. The molecule has 2 heterocycles. The summed E-state index contributed by atoms with van der Waals surface area (Å²) >= 11 is 0. The fourth-order valence-corrected chi connectivity index (χ4v) is 1.68. The number of fused-ring (bicyclic) bond motifs is 1. The summed E-state index contributed by atoms with van der Waals surface area (Å²) in [6.45, 7) is 0.962. The minimum Gasteiger partial charge on any atom is -0.394 e. The van der Waals surface area contributed by atoms with Crippen LogP contribution in [-0.2, 0) is 9.47 Å². The first-order chi connectivity index (χ1) is 4.90. The quantitative estimate of drug-likeness (QED) is 0.559. The summed E-state index contributed by atoms with van der Waals surface area (Å²) in [6, 6.07) is 0. The highest BCUT2D eigenvalue weighted by atomic mass is 16.6. The van der Waals surface area contributed by atoms with Crippen LogP contribution in [0.2, 0.25) is 0 Å². The molecule has 0 aromatic carbocycles. The number of hydrogen-bond donors (Lipinski definition) is 1. The molecule has 2 aliphatic rings. The van der Waals surface area contributed by atoms with Crippen molar-refractivity contribution in [2.24, 2.45) is 0 Å². The van der Waals surface area contributed by atoms with Gasteiger partial charge in [0.05, 0.1) is 24.9 Å². The van der Waals surface area contributed by atoms with Crippen molar-refractivity contribution in [2.45, 2.75) is 31.2 Å². The highest BCUT2D eigenvalue weighted by Gasteiger charge is 2.38. The Labute approximate surface area is 59.9 Å². The van der Waals surface area contributed by atoms with Gasteiger partial charge < -0.3 is 14.6 Å². The lowest BCUT2D eigenvalue weighted by Gasteiger charge is -2.06. The highest BCUT2D eigenvalue weighted by molar-refractivity contribution is 4.86. The lowest BCUT2D eigenvalue weighted by molar-refractivity contribution is 0.0106. The van der Waals surface area contributed by atoms with Crippen LogP contribution >= 0.6 is 0 Å². The van der Waals surface area contributed by atoms with Gasteiger partial charge in [-0.25, -0.2) is 0 Å². The van der Waals surface area contributed by atoms with Crippen molar-refractivity contribution in [2.75, 3.05) is 13.2 Å². The summed E-state index contributed by atoms with van der Waals surface area (Å²) in [5.74, 6) is 0. The van der Waals surface area contributed by atoms with Gasteiger partial charge in [0.15, 0.2) is 0 Å². The SMILES string of the molecule is OCC1CC2OCCC2O1. The predicted octanol–water partition coefficient (Wildman–Crippen LogP) is -0.0749. The van der Waals surface area contributed by atoms with Crippen LogP contribution in [0.15, 0.2) is 0 Å². The second-order valence-electron chi connectivity index (χ2n) is 2.91. The Bertz CT molecular complexity index is 114. The van der Waals surface area contributed by atoms with Crippen LogP contribution in [0.5, 0.6) is 0 Å². The Balaban J connectivity index is 1.94. The molecule has 0 aromatic rings. The molecule has 2 saturated heterocycles. The molecule has 3 nitrogen and oxygen atoms in total. The molecule has 0 radical (unpaired) electrons. The summed E-state index contributed by atoms with van der Waals surface area (Å²) in [4.78, 5) is 0. The molecule has 58 valence electrons. The van der Waals surface area contributed by atoms with E-state index in [4.69, 9.17) is 14.6 Å². The van der Waals surface area contributed by atoms with Gasteiger partial charge in [0.1, 0.15) is 0 Å². The van der Waals surface area contributed by atoms with Crippen LogP contribution in [0.1, 0.15) is 12.8 Å². The van der Waals surface area contributed by atoms with E-state index in [2.05, 4.69) is 0 Å². The van der Waals surface area contributed by atoms with E-state index < -0.39 is 0 Å². The summed E-state index contributed by atoms with van der Waals surface area (Å²) in [5, 5.41) is 8.74. The number of aliphatic hydroxyl groups excluding tert-OH is 1. The number of rotatable bonds is 1. The monoisotopic (exact) mass is 144 g/mol. The maximum absolute atomic E-state index is 8.74. The van der Waals surface area contributed by atoms with Crippen LogP contribution in [0.25, 0.3) is 0 Å². The third-order valence-electron chi connectivity index (χ3n) is 2.22. The third-order valence-corrected chi connectivity index (χ3v) is 2.22. The molecular weight excluding hydrogens is 132 g/mol. The minimum absolute atomic E-state index is 0.0373. The number of aliphatic hydroxyl groups is 1. The molecule has 0 bridgehead atoms. The Kier molecular flexibility index (Phi) is 1.64. The van der Waals surface area contributed by atoms with Gasteiger partial charge >= 0.3 is 0 Å². The first-order valence-electron chi connectivity index (χ1n) is 3.78. The molecule has 3 heteroatoms. The second-order valence-corrected chi connectivity index (χ2v) is 2.91. The fraction of sp³-hybridized carbons (Fsp3) is 1.00. The average molecular weight is 144 g/mol. The van der Waals surface area contributed by atoms with E-state index in [1.54, 1.807) is 0 Å². The Hall–Kier alpha value is -0.120. The highest BCUT2D eigenvalue weighted by Crippen LogP contribution is 2.29. The van der Waals surface area contributed by atoms with E-state index in [1.165, 1.54) is 0 Å². The van der Waals surface area contributed by atoms with Gasteiger partial charge in [-0.15, -0.1) is 0 Å². The number of ether oxygens (including phenoxy) is 2. The van der Waals surface area contributed by atoms with Gasteiger partial charge in [-0.3, -0.25) is 0 Å². The minimum atomic E-state index is 0.0373. The second kappa shape index (κ2) is 2.49. The number of hydrogen-bond acceptors (Lipinski definition) is 3. The molecule has 3 atom stereocenters. The maximum atomic E-state index is 8.74. The van der Waals surface area contributed by atoms with Crippen LogP contribution in [-0.4, -0.2) is 36.6 Å². The van der Waals surface area contributed by atoms with Gasteiger partial charge in [-0.1, -0.05) is 0 Å². The topological polar surface area (TPSA) is 38.7 Å². The molecule has 0 aromatic heterocycles. The van der Waals surface area contributed by atoms with Crippen LogP contribution in [0.3, 0.4) is 0 Å². The largest absolute Gasteiger partial charge is 0.394 e.